The van der Waals surface area contributed by atoms with Crippen LogP contribution in [0.15, 0.2) is 21.3 Å². The van der Waals surface area contributed by atoms with Crippen LogP contribution in [0.3, 0.4) is 0 Å². The van der Waals surface area contributed by atoms with Crippen molar-refractivity contribution in [3.8, 4) is 5.75 Å². The molecular formula is C11H11NO4. The Hall–Kier alpha value is -2.04. The van der Waals surface area contributed by atoms with E-state index in [9.17, 15) is 9.59 Å². The largest absolute Gasteiger partial charge is 0.497 e. The Balaban J connectivity index is 2.67. The summed E-state index contributed by atoms with van der Waals surface area (Å²) in [5, 5.41) is 0. The average molecular weight is 221 g/mol. The van der Waals surface area contributed by atoms with E-state index in [1.165, 1.54) is 14.0 Å². The second-order valence-corrected chi connectivity index (χ2v) is 3.55. The Kier molecular flexibility index (Phi) is 2.52. The minimum Gasteiger partial charge on any atom is -0.497 e. The molecule has 0 bridgehead atoms. The first kappa shape index (κ1) is 10.5. The standard InChI is InChI=1S/C11H11NO4/c1-6(13)3-7-4-8(15-2)5-9-10(7)12-11(14)16-9/h4-5H,3H2,1-2H3,(H,12,14). The number of carbonyl (C=O) groups is 1. The van der Waals surface area contributed by atoms with Crippen molar-refractivity contribution in [3.05, 3.63) is 28.2 Å². The van der Waals surface area contributed by atoms with Gasteiger partial charge in [0.15, 0.2) is 5.58 Å². The molecule has 0 fully saturated rings. The molecule has 5 nitrogen and oxygen atoms in total. The molecular weight excluding hydrogens is 210 g/mol. The van der Waals surface area contributed by atoms with E-state index in [2.05, 4.69) is 4.98 Å². The molecule has 1 aromatic heterocycles. The van der Waals surface area contributed by atoms with Gasteiger partial charge < -0.3 is 9.15 Å². The van der Waals surface area contributed by atoms with Crippen LogP contribution in [-0.2, 0) is 11.2 Å². The third-order valence-electron chi connectivity index (χ3n) is 2.26. The van der Waals surface area contributed by atoms with Gasteiger partial charge in [-0.25, -0.2) is 4.79 Å². The highest BCUT2D eigenvalue weighted by molar-refractivity contribution is 5.86. The molecule has 1 N–H and O–H groups in total. The molecule has 0 amide bonds. The summed E-state index contributed by atoms with van der Waals surface area (Å²) in [5.41, 5.74) is 1.66. The molecule has 0 aliphatic rings. The Morgan fingerprint density at radius 3 is 2.88 bits per heavy atom. The van der Waals surface area contributed by atoms with Crippen LogP contribution < -0.4 is 10.5 Å². The van der Waals surface area contributed by atoms with Crippen molar-refractivity contribution in [2.75, 3.05) is 7.11 Å². The number of fused-ring (bicyclic) bond motifs is 1. The normalized spacial score (nSPS) is 10.6. The van der Waals surface area contributed by atoms with Gasteiger partial charge in [0.2, 0.25) is 0 Å². The fourth-order valence-corrected chi connectivity index (χ4v) is 1.62. The second-order valence-electron chi connectivity index (χ2n) is 3.55. The van der Waals surface area contributed by atoms with Crippen LogP contribution in [0.1, 0.15) is 12.5 Å². The highest BCUT2D eigenvalue weighted by Gasteiger charge is 2.11. The fraction of sp³-hybridized carbons (Fsp3) is 0.273. The molecule has 0 aliphatic heterocycles. The van der Waals surface area contributed by atoms with E-state index < -0.39 is 5.76 Å². The number of hydrogen-bond acceptors (Lipinski definition) is 4. The number of benzene rings is 1. The number of methoxy groups -OCH3 is 1. The zero-order valence-electron chi connectivity index (χ0n) is 8.99. The van der Waals surface area contributed by atoms with Crippen LogP contribution >= 0.6 is 0 Å². The highest BCUT2D eigenvalue weighted by Crippen LogP contribution is 2.23. The van der Waals surface area contributed by atoms with Crippen LogP contribution in [0.25, 0.3) is 11.1 Å². The quantitative estimate of drug-likeness (QED) is 0.846. The molecule has 2 rings (SSSR count). The molecule has 0 unspecified atom stereocenters. The number of aromatic amines is 1. The Bertz CT molecular complexity index is 594. The molecule has 1 heterocycles. The molecule has 0 saturated heterocycles. The number of Topliss-reactive ketones (excluding diaryl/α,β-unsaturated/α-hetero) is 1. The van der Waals surface area contributed by atoms with Crippen LogP contribution in [0, 0.1) is 0 Å². The topological polar surface area (TPSA) is 72.3 Å². The van der Waals surface area contributed by atoms with E-state index in [4.69, 9.17) is 9.15 Å². The molecule has 0 aliphatic carbocycles. The number of ketones is 1. The highest BCUT2D eigenvalue weighted by atomic mass is 16.5. The lowest BCUT2D eigenvalue weighted by molar-refractivity contribution is -0.116. The van der Waals surface area contributed by atoms with E-state index in [-0.39, 0.29) is 12.2 Å². The number of aromatic nitrogens is 1. The zero-order chi connectivity index (χ0) is 11.7. The summed E-state index contributed by atoms with van der Waals surface area (Å²) in [4.78, 5) is 24.7. The zero-order valence-corrected chi connectivity index (χ0v) is 8.99. The maximum absolute atomic E-state index is 11.1. The summed E-state index contributed by atoms with van der Waals surface area (Å²) in [6.45, 7) is 1.49. The molecule has 5 heteroatoms. The van der Waals surface area contributed by atoms with Crippen molar-refractivity contribution in [1.29, 1.82) is 0 Å². The van der Waals surface area contributed by atoms with Crippen molar-refractivity contribution in [2.24, 2.45) is 0 Å². The SMILES string of the molecule is COc1cc(CC(C)=O)c2[nH]c(=O)oc2c1. The van der Waals surface area contributed by atoms with Crippen molar-refractivity contribution in [1.82, 2.24) is 4.98 Å². The van der Waals surface area contributed by atoms with E-state index in [0.717, 1.165) is 0 Å². The van der Waals surface area contributed by atoms with Crippen LogP contribution in [0.4, 0.5) is 0 Å². The fourth-order valence-electron chi connectivity index (χ4n) is 1.62. The molecule has 0 saturated carbocycles. The lowest BCUT2D eigenvalue weighted by Gasteiger charge is -2.03. The van der Waals surface area contributed by atoms with Gasteiger partial charge in [0.25, 0.3) is 0 Å². The van der Waals surface area contributed by atoms with Crippen LogP contribution in [-0.4, -0.2) is 17.9 Å². The van der Waals surface area contributed by atoms with Crippen molar-refractivity contribution in [3.63, 3.8) is 0 Å². The minimum absolute atomic E-state index is 0.0107. The lowest BCUT2D eigenvalue weighted by Crippen LogP contribution is -1.99. The van der Waals surface area contributed by atoms with Gasteiger partial charge in [-0.15, -0.1) is 0 Å². The smallest absolute Gasteiger partial charge is 0.417 e. The van der Waals surface area contributed by atoms with Gasteiger partial charge in [0.05, 0.1) is 12.6 Å². The average Bonchev–Trinajstić information content (AvgIpc) is 2.57. The maximum Gasteiger partial charge on any atom is 0.417 e. The first-order valence-electron chi connectivity index (χ1n) is 4.79. The summed E-state index contributed by atoms with van der Waals surface area (Å²) in [5.74, 6) is 0.0381. The van der Waals surface area contributed by atoms with Gasteiger partial charge in [-0.1, -0.05) is 0 Å². The molecule has 0 spiro atoms. The number of oxazole rings is 1. The summed E-state index contributed by atoms with van der Waals surface area (Å²) >= 11 is 0. The van der Waals surface area contributed by atoms with Gasteiger partial charge in [0, 0.05) is 12.5 Å². The van der Waals surface area contributed by atoms with E-state index >= 15 is 0 Å². The second kappa shape index (κ2) is 3.84. The number of rotatable bonds is 3. The summed E-state index contributed by atoms with van der Waals surface area (Å²) in [7, 11) is 1.52. The Labute approximate surface area is 91.0 Å². The predicted molar refractivity (Wildman–Crippen MR) is 57.8 cm³/mol. The monoisotopic (exact) mass is 221 g/mol. The first-order chi connectivity index (χ1) is 7.60. The number of nitrogens with one attached hydrogen (secondary N) is 1. The van der Waals surface area contributed by atoms with Crippen LogP contribution in [0.2, 0.25) is 0 Å². The van der Waals surface area contributed by atoms with Gasteiger partial charge in [-0.3, -0.25) is 9.78 Å². The molecule has 84 valence electrons. The van der Waals surface area contributed by atoms with E-state index in [1.807, 2.05) is 0 Å². The minimum atomic E-state index is -0.534. The molecule has 16 heavy (non-hydrogen) atoms. The van der Waals surface area contributed by atoms with Gasteiger partial charge >= 0.3 is 5.76 Å². The van der Waals surface area contributed by atoms with Crippen LogP contribution in [0.5, 0.6) is 5.75 Å². The summed E-state index contributed by atoms with van der Waals surface area (Å²) in [6.07, 6.45) is 0.239. The number of carbonyl (C=O) groups excluding carboxylic acids is 1. The lowest BCUT2D eigenvalue weighted by atomic mass is 10.1. The van der Waals surface area contributed by atoms with Crippen molar-refractivity contribution in [2.45, 2.75) is 13.3 Å². The third-order valence-corrected chi connectivity index (χ3v) is 2.26. The third kappa shape index (κ3) is 1.84. The van der Waals surface area contributed by atoms with Crippen molar-refractivity contribution < 1.29 is 13.9 Å². The summed E-state index contributed by atoms with van der Waals surface area (Å²) in [6, 6.07) is 3.33. The summed E-state index contributed by atoms with van der Waals surface area (Å²) < 4.78 is 10.00. The number of H-pyrrole nitrogens is 1. The first-order valence-corrected chi connectivity index (χ1v) is 4.79. The molecule has 2 aromatic rings. The molecule has 1 aromatic carbocycles. The van der Waals surface area contributed by atoms with E-state index in [0.29, 0.717) is 22.4 Å². The van der Waals surface area contributed by atoms with Gasteiger partial charge in [0.1, 0.15) is 11.5 Å². The van der Waals surface area contributed by atoms with Gasteiger partial charge in [-0.2, -0.15) is 0 Å². The van der Waals surface area contributed by atoms with Crippen molar-refractivity contribution >= 4 is 16.9 Å². The Morgan fingerprint density at radius 2 is 2.25 bits per heavy atom. The van der Waals surface area contributed by atoms with E-state index in [1.54, 1.807) is 12.1 Å². The number of hydrogen-bond donors (Lipinski definition) is 1. The Morgan fingerprint density at radius 1 is 1.50 bits per heavy atom. The van der Waals surface area contributed by atoms with Gasteiger partial charge in [-0.05, 0) is 18.6 Å². The predicted octanol–water partition coefficient (Wildman–Crippen LogP) is 1.26. The maximum atomic E-state index is 11.1. The molecule has 0 atom stereocenters. The molecule has 0 radical (unpaired) electrons. The number of ether oxygens (including phenoxy) is 1.